The Morgan fingerprint density at radius 3 is 2.69 bits per heavy atom. The van der Waals surface area contributed by atoms with Gasteiger partial charge in [0, 0.05) is 4.90 Å². The second kappa shape index (κ2) is 9.25. The molecule has 134 valence electrons. The number of carbonyl (C=O) groups excluding carboxylic acids is 1. The third kappa shape index (κ3) is 4.99. The molecular formula is C21H22N2O2S. The zero-order valence-corrected chi connectivity index (χ0v) is 15.5. The highest BCUT2D eigenvalue weighted by atomic mass is 32.2. The highest BCUT2D eigenvalue weighted by Crippen LogP contribution is 2.24. The van der Waals surface area contributed by atoms with Gasteiger partial charge in [-0.2, -0.15) is 0 Å². The fourth-order valence-electron chi connectivity index (χ4n) is 2.68. The molecule has 0 bridgehead atoms. The maximum Gasteiger partial charge on any atom is 0.330 e. The summed E-state index contributed by atoms with van der Waals surface area (Å²) < 4.78 is 8.46. The van der Waals surface area contributed by atoms with Gasteiger partial charge in [-0.3, -0.25) is 4.99 Å². The number of rotatable bonds is 6. The van der Waals surface area contributed by atoms with E-state index in [2.05, 4.69) is 34.0 Å². The fourth-order valence-corrected chi connectivity index (χ4v) is 3.42. The molecule has 0 aromatic heterocycles. The first kappa shape index (κ1) is 18.3. The Bertz CT molecular complexity index is 803. The Morgan fingerprint density at radius 1 is 1.12 bits per heavy atom. The summed E-state index contributed by atoms with van der Waals surface area (Å²) >= 11 is 1.50. The molecule has 3 rings (SSSR count). The Kier molecular flexibility index (Phi) is 6.50. The van der Waals surface area contributed by atoms with Crippen LogP contribution in [-0.4, -0.2) is 24.5 Å². The van der Waals surface area contributed by atoms with Crippen LogP contribution < -0.4 is 4.72 Å². The van der Waals surface area contributed by atoms with Crippen LogP contribution in [0.25, 0.3) is 6.08 Å². The quantitative estimate of drug-likeness (QED) is 0.613. The lowest BCUT2D eigenvalue weighted by molar-refractivity contribution is -0.144. The highest BCUT2D eigenvalue weighted by Gasteiger charge is 2.20. The lowest BCUT2D eigenvalue weighted by Crippen LogP contribution is -2.26. The molecule has 2 aromatic rings. The van der Waals surface area contributed by atoms with E-state index in [4.69, 9.17) is 4.74 Å². The summed E-state index contributed by atoms with van der Waals surface area (Å²) in [7, 11) is 0. The predicted octanol–water partition coefficient (Wildman–Crippen LogP) is 4.27. The van der Waals surface area contributed by atoms with Crippen LogP contribution in [0.3, 0.4) is 0 Å². The molecule has 0 radical (unpaired) electrons. The van der Waals surface area contributed by atoms with Crippen molar-refractivity contribution >= 4 is 29.8 Å². The van der Waals surface area contributed by atoms with Gasteiger partial charge in [-0.05, 0) is 55.0 Å². The van der Waals surface area contributed by atoms with Gasteiger partial charge in [0.1, 0.15) is 11.9 Å². The molecule has 0 spiro atoms. The Labute approximate surface area is 158 Å². The summed E-state index contributed by atoms with van der Waals surface area (Å²) in [4.78, 5) is 18.1. The van der Waals surface area contributed by atoms with E-state index in [1.807, 2.05) is 49.4 Å². The number of nitrogens with zero attached hydrogens (tertiary/aromatic N) is 1. The van der Waals surface area contributed by atoms with Crippen molar-refractivity contribution in [1.82, 2.24) is 4.72 Å². The van der Waals surface area contributed by atoms with E-state index < -0.39 is 6.04 Å². The van der Waals surface area contributed by atoms with E-state index in [0.717, 1.165) is 16.9 Å². The van der Waals surface area contributed by atoms with Crippen LogP contribution in [0.4, 0.5) is 0 Å². The largest absolute Gasteiger partial charge is 0.464 e. The number of ether oxygens (including phenoxy) is 1. The summed E-state index contributed by atoms with van der Waals surface area (Å²) in [6.07, 6.45) is 5.31. The van der Waals surface area contributed by atoms with E-state index in [0.29, 0.717) is 18.9 Å². The van der Waals surface area contributed by atoms with Crippen molar-refractivity contribution in [3.8, 4) is 0 Å². The molecule has 1 N–H and O–H groups in total. The third-order valence-electron chi connectivity index (χ3n) is 4.01. The average Bonchev–Trinajstić information content (AvgIpc) is 2.88. The molecule has 1 heterocycles. The predicted molar refractivity (Wildman–Crippen MR) is 107 cm³/mol. The van der Waals surface area contributed by atoms with E-state index in [9.17, 15) is 4.79 Å². The van der Waals surface area contributed by atoms with Crippen LogP contribution in [0.1, 0.15) is 24.5 Å². The molecule has 0 saturated carbocycles. The van der Waals surface area contributed by atoms with Crippen LogP contribution in [0.15, 0.2) is 70.6 Å². The number of aliphatic imine (C=N–C) groups is 1. The van der Waals surface area contributed by atoms with Crippen molar-refractivity contribution < 1.29 is 9.53 Å². The van der Waals surface area contributed by atoms with Gasteiger partial charge in [0.15, 0.2) is 0 Å². The SMILES string of the molecule is CCOC(=O)C(CCc1ccccc1)N=C1C=Cc2ccccc2SN1. The highest BCUT2D eigenvalue weighted by molar-refractivity contribution is 7.98. The monoisotopic (exact) mass is 366 g/mol. The summed E-state index contributed by atoms with van der Waals surface area (Å²) in [5.41, 5.74) is 2.32. The van der Waals surface area contributed by atoms with Crippen molar-refractivity contribution in [3.63, 3.8) is 0 Å². The Morgan fingerprint density at radius 2 is 1.88 bits per heavy atom. The van der Waals surface area contributed by atoms with Gasteiger partial charge >= 0.3 is 5.97 Å². The number of carbonyl (C=O) groups is 1. The van der Waals surface area contributed by atoms with Gasteiger partial charge in [0.05, 0.1) is 6.61 Å². The molecule has 0 saturated heterocycles. The van der Waals surface area contributed by atoms with Crippen LogP contribution in [-0.2, 0) is 16.0 Å². The number of hydrogen-bond donors (Lipinski definition) is 1. The third-order valence-corrected chi connectivity index (χ3v) is 4.91. The van der Waals surface area contributed by atoms with E-state index >= 15 is 0 Å². The number of nitrogens with one attached hydrogen (secondary N) is 1. The number of fused-ring (bicyclic) bond motifs is 1. The second-order valence-electron chi connectivity index (χ2n) is 5.88. The molecule has 2 aromatic carbocycles. The smallest absolute Gasteiger partial charge is 0.330 e. The maximum absolute atomic E-state index is 12.4. The van der Waals surface area contributed by atoms with Crippen molar-refractivity contribution in [2.75, 3.05) is 6.61 Å². The molecular weight excluding hydrogens is 344 g/mol. The van der Waals surface area contributed by atoms with Crippen molar-refractivity contribution in [1.29, 1.82) is 0 Å². The van der Waals surface area contributed by atoms with Crippen LogP contribution in [0, 0.1) is 0 Å². The Balaban J connectivity index is 1.74. The topological polar surface area (TPSA) is 50.7 Å². The molecule has 0 fully saturated rings. The standard InChI is InChI=1S/C21H22N2O2S/c1-2-25-21(24)18(14-12-16-8-4-3-5-9-16)22-20-15-13-17-10-6-7-11-19(17)26-23-20/h3-11,13,15,18H,2,12,14H2,1H3,(H,22,23). The van der Waals surface area contributed by atoms with Crippen molar-refractivity contribution in [2.45, 2.75) is 30.7 Å². The summed E-state index contributed by atoms with van der Waals surface area (Å²) in [6.45, 7) is 2.17. The number of hydrogen-bond acceptors (Lipinski definition) is 4. The molecule has 1 aliphatic heterocycles. The maximum atomic E-state index is 12.4. The van der Waals surface area contributed by atoms with Crippen LogP contribution >= 0.6 is 11.9 Å². The van der Waals surface area contributed by atoms with Crippen molar-refractivity contribution in [3.05, 3.63) is 71.8 Å². The first-order chi connectivity index (χ1) is 12.8. The van der Waals surface area contributed by atoms with E-state index in [1.54, 1.807) is 0 Å². The lowest BCUT2D eigenvalue weighted by Gasteiger charge is -2.13. The normalized spacial score (nSPS) is 15.7. The first-order valence-electron chi connectivity index (χ1n) is 8.74. The minimum absolute atomic E-state index is 0.280. The van der Waals surface area contributed by atoms with Gasteiger partial charge in [0.25, 0.3) is 0 Å². The van der Waals surface area contributed by atoms with Gasteiger partial charge < -0.3 is 9.46 Å². The van der Waals surface area contributed by atoms with Gasteiger partial charge in [-0.15, -0.1) is 0 Å². The van der Waals surface area contributed by atoms with Crippen LogP contribution in [0.5, 0.6) is 0 Å². The number of esters is 1. The average molecular weight is 366 g/mol. The molecule has 5 heteroatoms. The summed E-state index contributed by atoms with van der Waals surface area (Å²) in [5, 5.41) is 0. The van der Waals surface area contributed by atoms with E-state index in [1.165, 1.54) is 17.5 Å². The summed E-state index contributed by atoms with van der Waals surface area (Å²) in [5.74, 6) is 0.398. The minimum atomic E-state index is -0.524. The second-order valence-corrected chi connectivity index (χ2v) is 6.73. The zero-order valence-electron chi connectivity index (χ0n) is 14.7. The van der Waals surface area contributed by atoms with Gasteiger partial charge in [-0.25, -0.2) is 4.79 Å². The number of benzene rings is 2. The molecule has 0 amide bonds. The molecule has 1 atom stereocenters. The van der Waals surface area contributed by atoms with E-state index in [-0.39, 0.29) is 5.97 Å². The molecule has 26 heavy (non-hydrogen) atoms. The summed E-state index contributed by atoms with van der Waals surface area (Å²) in [6, 6.07) is 17.7. The molecule has 1 unspecified atom stereocenters. The number of amidine groups is 1. The Hall–Kier alpha value is -2.53. The number of aryl methyl sites for hydroxylation is 1. The van der Waals surface area contributed by atoms with Gasteiger partial charge in [0.2, 0.25) is 0 Å². The fraction of sp³-hybridized carbons (Fsp3) is 0.238. The molecule has 0 aliphatic carbocycles. The van der Waals surface area contributed by atoms with Gasteiger partial charge in [-0.1, -0.05) is 54.6 Å². The zero-order chi connectivity index (χ0) is 18.2. The van der Waals surface area contributed by atoms with Crippen molar-refractivity contribution in [2.24, 2.45) is 4.99 Å². The minimum Gasteiger partial charge on any atom is -0.464 e. The lowest BCUT2D eigenvalue weighted by atomic mass is 10.1. The molecule has 1 aliphatic rings. The molecule has 4 nitrogen and oxygen atoms in total. The van der Waals surface area contributed by atoms with Crippen LogP contribution in [0.2, 0.25) is 0 Å². The first-order valence-corrected chi connectivity index (χ1v) is 9.56.